The van der Waals surface area contributed by atoms with Crippen LogP contribution in [0.3, 0.4) is 0 Å². The van der Waals surface area contributed by atoms with Gasteiger partial charge in [-0.25, -0.2) is 0 Å². The standard InChI is InChI=1S/C14H28N2/c1-2-3-6-9-15-10-12-16(13-11-15)14-7-4-5-8-14/h14H,2-13H2,1H3. The summed E-state index contributed by atoms with van der Waals surface area (Å²) in [6.45, 7) is 8.93. The fourth-order valence-corrected chi connectivity index (χ4v) is 3.21. The molecule has 94 valence electrons. The Morgan fingerprint density at radius 2 is 1.62 bits per heavy atom. The van der Waals surface area contributed by atoms with Crippen LogP contribution in [0.5, 0.6) is 0 Å². The minimum atomic E-state index is 0.942. The second-order valence-corrected chi connectivity index (χ2v) is 5.52. The molecule has 2 aliphatic rings. The molecule has 2 nitrogen and oxygen atoms in total. The summed E-state index contributed by atoms with van der Waals surface area (Å²) in [6.07, 6.45) is 10.0. The van der Waals surface area contributed by atoms with Crippen molar-refractivity contribution in [2.45, 2.75) is 57.9 Å². The van der Waals surface area contributed by atoms with Gasteiger partial charge < -0.3 is 4.90 Å². The molecule has 1 aliphatic carbocycles. The molecule has 2 fully saturated rings. The lowest BCUT2D eigenvalue weighted by Crippen LogP contribution is -2.49. The van der Waals surface area contributed by atoms with Crippen molar-refractivity contribution < 1.29 is 0 Å². The Labute approximate surface area is 101 Å². The van der Waals surface area contributed by atoms with Gasteiger partial charge in [0.2, 0.25) is 0 Å². The van der Waals surface area contributed by atoms with Crippen LogP contribution in [0.2, 0.25) is 0 Å². The number of nitrogens with zero attached hydrogens (tertiary/aromatic N) is 2. The molecule has 0 N–H and O–H groups in total. The second-order valence-electron chi connectivity index (χ2n) is 5.52. The molecular weight excluding hydrogens is 196 g/mol. The van der Waals surface area contributed by atoms with Gasteiger partial charge in [0.05, 0.1) is 0 Å². The first-order valence-corrected chi connectivity index (χ1v) is 7.36. The largest absolute Gasteiger partial charge is 0.301 e. The summed E-state index contributed by atoms with van der Waals surface area (Å²) >= 11 is 0. The molecule has 1 aliphatic heterocycles. The fraction of sp³-hybridized carbons (Fsp3) is 1.00. The predicted octanol–water partition coefficient (Wildman–Crippen LogP) is 2.74. The molecule has 0 bridgehead atoms. The van der Waals surface area contributed by atoms with Gasteiger partial charge >= 0.3 is 0 Å². The maximum Gasteiger partial charge on any atom is 0.0113 e. The van der Waals surface area contributed by atoms with Crippen LogP contribution in [-0.2, 0) is 0 Å². The molecule has 0 amide bonds. The highest BCUT2D eigenvalue weighted by Crippen LogP contribution is 2.24. The Morgan fingerprint density at radius 3 is 2.25 bits per heavy atom. The summed E-state index contributed by atoms with van der Waals surface area (Å²) in [4.78, 5) is 5.42. The van der Waals surface area contributed by atoms with Gasteiger partial charge in [-0.2, -0.15) is 0 Å². The maximum atomic E-state index is 2.75. The van der Waals surface area contributed by atoms with Crippen LogP contribution >= 0.6 is 0 Å². The third-order valence-corrected chi connectivity index (χ3v) is 4.33. The second kappa shape index (κ2) is 6.61. The fourth-order valence-electron chi connectivity index (χ4n) is 3.21. The summed E-state index contributed by atoms with van der Waals surface area (Å²) in [5, 5.41) is 0. The molecule has 1 saturated heterocycles. The van der Waals surface area contributed by atoms with Gasteiger partial charge in [-0.3, -0.25) is 4.90 Å². The summed E-state index contributed by atoms with van der Waals surface area (Å²) in [5.41, 5.74) is 0. The highest BCUT2D eigenvalue weighted by molar-refractivity contribution is 4.81. The first-order valence-electron chi connectivity index (χ1n) is 7.36. The molecule has 16 heavy (non-hydrogen) atoms. The van der Waals surface area contributed by atoms with E-state index in [1.54, 1.807) is 0 Å². The van der Waals surface area contributed by atoms with Crippen molar-refractivity contribution in [3.63, 3.8) is 0 Å². The molecule has 1 heterocycles. The average Bonchev–Trinajstić information content (AvgIpc) is 2.84. The Kier molecular flexibility index (Phi) is 5.11. The van der Waals surface area contributed by atoms with Crippen molar-refractivity contribution in [2.75, 3.05) is 32.7 Å². The van der Waals surface area contributed by atoms with E-state index in [-0.39, 0.29) is 0 Å². The minimum Gasteiger partial charge on any atom is -0.301 e. The highest BCUT2D eigenvalue weighted by Gasteiger charge is 2.25. The lowest BCUT2D eigenvalue weighted by Gasteiger charge is -2.38. The van der Waals surface area contributed by atoms with Crippen LogP contribution in [0.4, 0.5) is 0 Å². The van der Waals surface area contributed by atoms with E-state index >= 15 is 0 Å². The lowest BCUT2D eigenvalue weighted by atomic mass is 10.1. The molecule has 1 saturated carbocycles. The van der Waals surface area contributed by atoms with Crippen LogP contribution in [0.15, 0.2) is 0 Å². The topological polar surface area (TPSA) is 6.48 Å². The Hall–Kier alpha value is -0.0800. The number of hydrogen-bond acceptors (Lipinski definition) is 2. The van der Waals surface area contributed by atoms with Gasteiger partial charge in [-0.05, 0) is 25.8 Å². The van der Waals surface area contributed by atoms with E-state index in [0.29, 0.717) is 0 Å². The van der Waals surface area contributed by atoms with E-state index in [0.717, 1.165) is 6.04 Å². The highest BCUT2D eigenvalue weighted by atomic mass is 15.3. The third kappa shape index (κ3) is 3.46. The summed E-state index contributed by atoms with van der Waals surface area (Å²) in [6, 6.07) is 0.942. The quantitative estimate of drug-likeness (QED) is 0.663. The number of piperazine rings is 1. The van der Waals surface area contributed by atoms with Crippen molar-refractivity contribution in [3.8, 4) is 0 Å². The first kappa shape index (κ1) is 12.4. The van der Waals surface area contributed by atoms with Gasteiger partial charge in [-0.1, -0.05) is 32.6 Å². The molecule has 0 unspecified atom stereocenters. The normalized spacial score (nSPS) is 25.3. The number of unbranched alkanes of at least 4 members (excludes halogenated alkanes) is 2. The van der Waals surface area contributed by atoms with Crippen LogP contribution in [-0.4, -0.2) is 48.6 Å². The maximum absolute atomic E-state index is 2.75. The zero-order chi connectivity index (χ0) is 11.2. The zero-order valence-electron chi connectivity index (χ0n) is 11.0. The van der Waals surface area contributed by atoms with Crippen molar-refractivity contribution in [1.82, 2.24) is 9.80 Å². The van der Waals surface area contributed by atoms with Gasteiger partial charge in [-0.15, -0.1) is 0 Å². The van der Waals surface area contributed by atoms with E-state index < -0.39 is 0 Å². The molecule has 0 aromatic heterocycles. The molecule has 0 aromatic carbocycles. The van der Waals surface area contributed by atoms with E-state index in [1.165, 1.54) is 77.7 Å². The number of rotatable bonds is 5. The van der Waals surface area contributed by atoms with E-state index in [1.807, 2.05) is 0 Å². The first-order chi connectivity index (χ1) is 7.90. The average molecular weight is 224 g/mol. The smallest absolute Gasteiger partial charge is 0.0113 e. The van der Waals surface area contributed by atoms with Gasteiger partial charge in [0.1, 0.15) is 0 Å². The lowest BCUT2D eigenvalue weighted by molar-refractivity contribution is 0.0968. The van der Waals surface area contributed by atoms with Crippen molar-refractivity contribution in [1.29, 1.82) is 0 Å². The molecule has 0 aromatic rings. The Morgan fingerprint density at radius 1 is 0.938 bits per heavy atom. The molecule has 2 rings (SSSR count). The Balaban J connectivity index is 1.62. The summed E-state index contributed by atoms with van der Waals surface area (Å²) < 4.78 is 0. The van der Waals surface area contributed by atoms with Crippen molar-refractivity contribution in [3.05, 3.63) is 0 Å². The minimum absolute atomic E-state index is 0.942. The summed E-state index contributed by atoms with van der Waals surface area (Å²) in [7, 11) is 0. The molecule has 0 atom stereocenters. The summed E-state index contributed by atoms with van der Waals surface area (Å²) in [5.74, 6) is 0. The van der Waals surface area contributed by atoms with Gasteiger partial charge in [0, 0.05) is 32.2 Å². The SMILES string of the molecule is CCCCCN1CCN(C2CCCC2)CC1. The molecule has 2 heteroatoms. The number of hydrogen-bond donors (Lipinski definition) is 0. The van der Waals surface area contributed by atoms with E-state index in [2.05, 4.69) is 16.7 Å². The zero-order valence-corrected chi connectivity index (χ0v) is 11.0. The monoisotopic (exact) mass is 224 g/mol. The van der Waals surface area contributed by atoms with Crippen molar-refractivity contribution >= 4 is 0 Å². The van der Waals surface area contributed by atoms with Crippen LogP contribution in [0, 0.1) is 0 Å². The predicted molar refractivity (Wildman–Crippen MR) is 69.8 cm³/mol. The van der Waals surface area contributed by atoms with E-state index in [4.69, 9.17) is 0 Å². The van der Waals surface area contributed by atoms with Gasteiger partial charge in [0.15, 0.2) is 0 Å². The molecule has 0 spiro atoms. The Bertz CT molecular complexity index is 179. The van der Waals surface area contributed by atoms with Gasteiger partial charge in [0.25, 0.3) is 0 Å². The molecule has 0 radical (unpaired) electrons. The van der Waals surface area contributed by atoms with Crippen molar-refractivity contribution in [2.24, 2.45) is 0 Å². The molecular formula is C14H28N2. The third-order valence-electron chi connectivity index (χ3n) is 4.33. The van der Waals surface area contributed by atoms with Crippen LogP contribution < -0.4 is 0 Å². The van der Waals surface area contributed by atoms with Crippen LogP contribution in [0.1, 0.15) is 51.9 Å². The van der Waals surface area contributed by atoms with E-state index in [9.17, 15) is 0 Å². The van der Waals surface area contributed by atoms with Crippen LogP contribution in [0.25, 0.3) is 0 Å².